The van der Waals surface area contributed by atoms with E-state index < -0.39 is 0 Å². The third-order valence-electron chi connectivity index (χ3n) is 4.12. The van der Waals surface area contributed by atoms with Crippen LogP contribution in [0.1, 0.15) is 31.7 Å². The summed E-state index contributed by atoms with van der Waals surface area (Å²) in [6.45, 7) is 0. The first kappa shape index (κ1) is 14.0. The summed E-state index contributed by atoms with van der Waals surface area (Å²) < 4.78 is 1.99. The topological polar surface area (TPSA) is 69.6 Å². The summed E-state index contributed by atoms with van der Waals surface area (Å²) in [4.78, 5) is 5.89. The Morgan fingerprint density at radius 3 is 2.77 bits per heavy atom. The summed E-state index contributed by atoms with van der Waals surface area (Å²) in [7, 11) is 0. The van der Waals surface area contributed by atoms with Crippen molar-refractivity contribution in [1.82, 2.24) is 20.0 Å². The molecule has 1 saturated carbocycles. The summed E-state index contributed by atoms with van der Waals surface area (Å²) in [5.41, 5.74) is 7.73. The SMILES string of the molecule is NC1CCC(n2cc(-c3csc(-c4cccs4)n3)nn2)CC1. The van der Waals surface area contributed by atoms with Crippen LogP contribution < -0.4 is 5.73 Å². The zero-order valence-electron chi connectivity index (χ0n) is 12.1. The number of nitrogens with zero attached hydrogens (tertiary/aromatic N) is 4. The van der Waals surface area contributed by atoms with Gasteiger partial charge in [-0.3, -0.25) is 0 Å². The lowest BCUT2D eigenvalue weighted by atomic mass is 9.92. The minimum atomic E-state index is 0.353. The molecule has 0 aliphatic heterocycles. The summed E-state index contributed by atoms with van der Waals surface area (Å²) in [5.74, 6) is 0. The monoisotopic (exact) mass is 331 g/mol. The maximum Gasteiger partial charge on any atom is 0.134 e. The largest absolute Gasteiger partial charge is 0.328 e. The van der Waals surface area contributed by atoms with Gasteiger partial charge in [0.05, 0.1) is 17.1 Å². The molecule has 4 rings (SSSR count). The highest BCUT2D eigenvalue weighted by atomic mass is 32.1. The standard InChI is InChI=1S/C15H17N5S2/c16-10-3-5-11(6-4-10)20-8-12(18-19-20)13-9-22-15(17-13)14-2-1-7-21-14/h1-2,7-11H,3-6,16H2. The Morgan fingerprint density at radius 2 is 2.00 bits per heavy atom. The van der Waals surface area contributed by atoms with Crippen molar-refractivity contribution in [3.05, 3.63) is 29.1 Å². The highest BCUT2D eigenvalue weighted by molar-refractivity contribution is 7.20. The van der Waals surface area contributed by atoms with Gasteiger partial charge in [-0.05, 0) is 37.1 Å². The summed E-state index contributed by atoms with van der Waals surface area (Å²) in [5, 5.41) is 13.8. The van der Waals surface area contributed by atoms with Crippen molar-refractivity contribution in [1.29, 1.82) is 0 Å². The molecule has 0 saturated heterocycles. The van der Waals surface area contributed by atoms with Crippen LogP contribution in [0, 0.1) is 0 Å². The molecule has 1 fully saturated rings. The van der Waals surface area contributed by atoms with Crippen LogP contribution in [0.5, 0.6) is 0 Å². The highest BCUT2D eigenvalue weighted by Gasteiger charge is 2.21. The molecule has 0 amide bonds. The van der Waals surface area contributed by atoms with E-state index in [2.05, 4.69) is 32.1 Å². The number of rotatable bonds is 3. The van der Waals surface area contributed by atoms with Crippen molar-refractivity contribution < 1.29 is 0 Å². The summed E-state index contributed by atoms with van der Waals surface area (Å²) >= 11 is 3.36. The highest BCUT2D eigenvalue weighted by Crippen LogP contribution is 2.32. The lowest BCUT2D eigenvalue weighted by molar-refractivity contribution is 0.300. The molecule has 5 nitrogen and oxygen atoms in total. The maximum atomic E-state index is 5.97. The quantitative estimate of drug-likeness (QED) is 0.796. The Hall–Kier alpha value is -1.57. The molecule has 0 atom stereocenters. The van der Waals surface area contributed by atoms with Crippen molar-refractivity contribution in [2.45, 2.75) is 37.8 Å². The number of thiazole rings is 1. The van der Waals surface area contributed by atoms with Crippen LogP contribution in [-0.4, -0.2) is 26.0 Å². The van der Waals surface area contributed by atoms with Gasteiger partial charge in [0.1, 0.15) is 16.4 Å². The molecule has 0 radical (unpaired) electrons. The van der Waals surface area contributed by atoms with Crippen molar-refractivity contribution in [3.63, 3.8) is 0 Å². The minimum Gasteiger partial charge on any atom is -0.328 e. The number of hydrogen-bond acceptors (Lipinski definition) is 6. The molecular weight excluding hydrogens is 314 g/mol. The third-order valence-corrected chi connectivity index (χ3v) is 6.01. The Bertz CT molecular complexity index is 738. The van der Waals surface area contributed by atoms with Crippen molar-refractivity contribution in [3.8, 4) is 21.3 Å². The lowest BCUT2D eigenvalue weighted by Gasteiger charge is -2.25. The van der Waals surface area contributed by atoms with Crippen LogP contribution >= 0.6 is 22.7 Å². The molecule has 22 heavy (non-hydrogen) atoms. The van der Waals surface area contributed by atoms with Crippen molar-refractivity contribution >= 4 is 22.7 Å². The summed E-state index contributed by atoms with van der Waals surface area (Å²) in [6, 6.07) is 4.92. The van der Waals surface area contributed by atoms with Gasteiger partial charge in [0.25, 0.3) is 0 Å². The van der Waals surface area contributed by atoms with E-state index in [-0.39, 0.29) is 0 Å². The van der Waals surface area contributed by atoms with Gasteiger partial charge in [0.15, 0.2) is 0 Å². The first-order valence-corrected chi connectivity index (χ1v) is 9.23. The normalized spacial score (nSPS) is 22.0. The van der Waals surface area contributed by atoms with Crippen LogP contribution in [0.4, 0.5) is 0 Å². The Balaban J connectivity index is 1.54. The fourth-order valence-corrected chi connectivity index (χ4v) is 4.47. The Labute approximate surface area is 136 Å². The van der Waals surface area contributed by atoms with Gasteiger partial charge < -0.3 is 5.73 Å². The van der Waals surface area contributed by atoms with Gasteiger partial charge in [-0.25, -0.2) is 9.67 Å². The number of thiophene rings is 1. The molecule has 114 valence electrons. The van der Waals surface area contributed by atoms with E-state index in [1.807, 2.05) is 16.9 Å². The lowest BCUT2D eigenvalue weighted by Crippen LogP contribution is -2.28. The number of hydrogen-bond donors (Lipinski definition) is 1. The van der Waals surface area contributed by atoms with Crippen LogP contribution in [0.25, 0.3) is 21.3 Å². The van der Waals surface area contributed by atoms with Crippen LogP contribution in [-0.2, 0) is 0 Å². The third kappa shape index (κ3) is 2.71. The average Bonchev–Trinajstić information content (AvgIpc) is 3.27. The second kappa shape index (κ2) is 5.91. The second-order valence-corrected chi connectivity index (χ2v) is 7.47. The van der Waals surface area contributed by atoms with Crippen LogP contribution in [0.3, 0.4) is 0 Å². The molecule has 7 heteroatoms. The van der Waals surface area contributed by atoms with Gasteiger partial charge in [0.2, 0.25) is 0 Å². The van der Waals surface area contributed by atoms with E-state index in [0.29, 0.717) is 12.1 Å². The zero-order valence-corrected chi connectivity index (χ0v) is 13.7. The zero-order chi connectivity index (χ0) is 14.9. The smallest absolute Gasteiger partial charge is 0.134 e. The minimum absolute atomic E-state index is 0.353. The molecule has 2 N–H and O–H groups in total. The molecule has 1 aliphatic carbocycles. The van der Waals surface area contributed by atoms with E-state index >= 15 is 0 Å². The molecule has 1 aliphatic rings. The first-order chi connectivity index (χ1) is 10.8. The second-order valence-electron chi connectivity index (χ2n) is 5.67. The molecule has 0 aromatic carbocycles. The molecule has 0 unspecified atom stereocenters. The van der Waals surface area contributed by atoms with Crippen molar-refractivity contribution in [2.75, 3.05) is 0 Å². The van der Waals surface area contributed by atoms with Crippen molar-refractivity contribution in [2.24, 2.45) is 5.73 Å². The molecule has 3 aromatic rings. The first-order valence-electron chi connectivity index (χ1n) is 7.47. The Kier molecular flexibility index (Phi) is 3.77. The van der Waals surface area contributed by atoms with Crippen LogP contribution in [0.2, 0.25) is 0 Å². The van der Waals surface area contributed by atoms with Gasteiger partial charge in [-0.15, -0.1) is 27.8 Å². The fourth-order valence-electron chi connectivity index (χ4n) is 2.84. The van der Waals surface area contributed by atoms with Crippen LogP contribution in [0.15, 0.2) is 29.1 Å². The predicted octanol–water partition coefficient (Wildman–Crippen LogP) is 3.57. The maximum absolute atomic E-state index is 5.97. The van der Waals surface area contributed by atoms with E-state index in [9.17, 15) is 0 Å². The predicted molar refractivity (Wildman–Crippen MR) is 89.9 cm³/mol. The average molecular weight is 331 g/mol. The molecular formula is C15H17N5S2. The van der Waals surface area contributed by atoms with Gasteiger partial charge >= 0.3 is 0 Å². The van der Waals surface area contributed by atoms with E-state index in [1.54, 1.807) is 22.7 Å². The number of nitrogens with two attached hydrogens (primary N) is 1. The van der Waals surface area contributed by atoms with E-state index in [4.69, 9.17) is 5.73 Å². The number of aromatic nitrogens is 4. The van der Waals surface area contributed by atoms with E-state index in [1.165, 1.54) is 4.88 Å². The molecule has 3 heterocycles. The summed E-state index contributed by atoms with van der Waals surface area (Å²) in [6.07, 6.45) is 6.33. The molecule has 3 aromatic heterocycles. The fraction of sp³-hybridized carbons (Fsp3) is 0.400. The Morgan fingerprint density at radius 1 is 1.14 bits per heavy atom. The van der Waals surface area contributed by atoms with Gasteiger partial charge in [-0.2, -0.15) is 0 Å². The van der Waals surface area contributed by atoms with Gasteiger partial charge in [0, 0.05) is 11.4 Å². The molecule has 0 bridgehead atoms. The van der Waals surface area contributed by atoms with Gasteiger partial charge in [-0.1, -0.05) is 11.3 Å². The van der Waals surface area contributed by atoms with E-state index in [0.717, 1.165) is 42.1 Å². The molecule has 0 spiro atoms.